The smallest absolute Gasteiger partial charge is 0.296 e. The van der Waals surface area contributed by atoms with Crippen LogP contribution in [0.25, 0.3) is 0 Å². The van der Waals surface area contributed by atoms with E-state index in [1.807, 2.05) is 5.92 Å². The zero-order valence-electron chi connectivity index (χ0n) is 7.42. The summed E-state index contributed by atoms with van der Waals surface area (Å²) in [7, 11) is 3.22. The van der Waals surface area contributed by atoms with Crippen LogP contribution in [0.4, 0.5) is 0 Å². The predicted octanol–water partition coefficient (Wildman–Crippen LogP) is -0.788. The van der Waals surface area contributed by atoms with Crippen LogP contribution < -0.4 is 5.32 Å². The standard InChI is InChI=1S/C8H12N2O2/c1-5-7(11)9-6(2)8(12)10(3)4/h1,6H,2-4H3,(H,9,11)/t6-/m1/s1. The molecule has 0 aromatic heterocycles. The Balaban J connectivity index is 4.06. The lowest BCUT2D eigenvalue weighted by Gasteiger charge is -2.16. The first-order chi connectivity index (χ1) is 5.49. The van der Waals surface area contributed by atoms with Crippen molar-refractivity contribution in [3.05, 3.63) is 0 Å². The molecule has 0 saturated carbocycles. The lowest BCUT2D eigenvalue weighted by atomic mass is 10.3. The van der Waals surface area contributed by atoms with Gasteiger partial charge in [-0.3, -0.25) is 9.59 Å². The monoisotopic (exact) mass is 168 g/mol. The van der Waals surface area contributed by atoms with Crippen LogP contribution in [-0.4, -0.2) is 36.9 Å². The number of hydrogen-bond acceptors (Lipinski definition) is 2. The van der Waals surface area contributed by atoms with Gasteiger partial charge in [0, 0.05) is 14.1 Å². The number of nitrogens with one attached hydrogen (secondary N) is 1. The van der Waals surface area contributed by atoms with Crippen molar-refractivity contribution in [2.24, 2.45) is 0 Å². The van der Waals surface area contributed by atoms with Gasteiger partial charge < -0.3 is 10.2 Å². The fourth-order valence-corrected chi connectivity index (χ4v) is 0.687. The summed E-state index contributed by atoms with van der Waals surface area (Å²) in [5.41, 5.74) is 0. The van der Waals surface area contributed by atoms with Crippen molar-refractivity contribution in [2.75, 3.05) is 14.1 Å². The van der Waals surface area contributed by atoms with Crippen LogP contribution in [0.15, 0.2) is 0 Å². The second-order valence-electron chi connectivity index (χ2n) is 2.57. The van der Waals surface area contributed by atoms with Crippen LogP contribution in [0.3, 0.4) is 0 Å². The number of likely N-dealkylation sites (N-methyl/N-ethyl adjacent to an activating group) is 1. The summed E-state index contributed by atoms with van der Waals surface area (Å²) in [5.74, 6) is 1.12. The molecule has 0 rings (SSSR count). The molecule has 0 bridgehead atoms. The summed E-state index contributed by atoms with van der Waals surface area (Å²) >= 11 is 0. The first-order valence-corrected chi connectivity index (χ1v) is 3.47. The van der Waals surface area contributed by atoms with E-state index in [0.717, 1.165) is 0 Å². The second kappa shape index (κ2) is 4.39. The molecule has 0 aliphatic carbocycles. The molecule has 0 aliphatic rings. The van der Waals surface area contributed by atoms with E-state index in [1.165, 1.54) is 4.90 Å². The van der Waals surface area contributed by atoms with E-state index in [0.29, 0.717) is 0 Å². The zero-order valence-corrected chi connectivity index (χ0v) is 7.42. The quantitative estimate of drug-likeness (QED) is 0.549. The third kappa shape index (κ3) is 3.06. The number of rotatable bonds is 2. The van der Waals surface area contributed by atoms with Gasteiger partial charge in [0.15, 0.2) is 0 Å². The Morgan fingerprint density at radius 1 is 1.50 bits per heavy atom. The van der Waals surface area contributed by atoms with E-state index in [1.54, 1.807) is 21.0 Å². The minimum Gasteiger partial charge on any atom is -0.347 e. The predicted molar refractivity (Wildman–Crippen MR) is 45.1 cm³/mol. The maximum absolute atomic E-state index is 11.1. The second-order valence-corrected chi connectivity index (χ2v) is 2.57. The average Bonchev–Trinajstić information content (AvgIpc) is 2.02. The van der Waals surface area contributed by atoms with Crippen LogP contribution in [0.2, 0.25) is 0 Å². The Morgan fingerprint density at radius 2 is 2.00 bits per heavy atom. The van der Waals surface area contributed by atoms with Crippen LogP contribution in [0, 0.1) is 12.3 Å². The van der Waals surface area contributed by atoms with Gasteiger partial charge in [0.25, 0.3) is 5.91 Å². The maximum atomic E-state index is 11.1. The molecule has 4 nitrogen and oxygen atoms in total. The molecular formula is C8H12N2O2. The number of carbonyl (C=O) groups is 2. The maximum Gasteiger partial charge on any atom is 0.296 e. The fourth-order valence-electron chi connectivity index (χ4n) is 0.687. The zero-order chi connectivity index (χ0) is 9.72. The van der Waals surface area contributed by atoms with Gasteiger partial charge >= 0.3 is 0 Å². The molecule has 0 fully saturated rings. The summed E-state index contributed by atoms with van der Waals surface area (Å²) in [6, 6.07) is -0.566. The summed E-state index contributed by atoms with van der Waals surface area (Å²) in [4.78, 5) is 23.2. The molecule has 0 aliphatic heterocycles. The number of carbonyl (C=O) groups excluding carboxylic acids is 2. The summed E-state index contributed by atoms with van der Waals surface area (Å²) in [5, 5.41) is 2.34. The first kappa shape index (κ1) is 10.5. The molecular weight excluding hydrogens is 156 g/mol. The minimum absolute atomic E-state index is 0.182. The highest BCUT2D eigenvalue weighted by molar-refractivity contribution is 5.96. The molecule has 0 unspecified atom stereocenters. The van der Waals surface area contributed by atoms with Crippen LogP contribution in [-0.2, 0) is 9.59 Å². The Bertz CT molecular complexity index is 228. The Morgan fingerprint density at radius 3 is 2.33 bits per heavy atom. The van der Waals surface area contributed by atoms with Crippen LogP contribution in [0.1, 0.15) is 6.92 Å². The van der Waals surface area contributed by atoms with E-state index in [4.69, 9.17) is 6.42 Å². The number of nitrogens with zero attached hydrogens (tertiary/aromatic N) is 1. The molecule has 0 saturated heterocycles. The van der Waals surface area contributed by atoms with Gasteiger partial charge in [-0.05, 0) is 12.8 Å². The molecule has 0 heterocycles. The van der Waals surface area contributed by atoms with E-state index in [2.05, 4.69) is 5.32 Å². The van der Waals surface area contributed by atoms with Crippen molar-refractivity contribution in [2.45, 2.75) is 13.0 Å². The molecule has 4 heteroatoms. The highest BCUT2D eigenvalue weighted by Crippen LogP contribution is 1.87. The molecule has 12 heavy (non-hydrogen) atoms. The van der Waals surface area contributed by atoms with Gasteiger partial charge in [0.05, 0.1) is 0 Å². The van der Waals surface area contributed by atoms with Gasteiger partial charge in [0.1, 0.15) is 6.04 Å². The van der Waals surface area contributed by atoms with Crippen molar-refractivity contribution in [3.63, 3.8) is 0 Å². The number of hydrogen-bond donors (Lipinski definition) is 1. The van der Waals surface area contributed by atoms with Crippen LogP contribution in [0.5, 0.6) is 0 Å². The summed E-state index contributed by atoms with van der Waals surface area (Å²) in [6.45, 7) is 1.58. The van der Waals surface area contributed by atoms with E-state index >= 15 is 0 Å². The van der Waals surface area contributed by atoms with Gasteiger partial charge in [-0.25, -0.2) is 0 Å². The topological polar surface area (TPSA) is 49.4 Å². The van der Waals surface area contributed by atoms with Gasteiger partial charge in [-0.2, -0.15) is 0 Å². The fraction of sp³-hybridized carbons (Fsp3) is 0.500. The molecule has 1 N–H and O–H groups in total. The molecule has 66 valence electrons. The van der Waals surface area contributed by atoms with Crippen molar-refractivity contribution in [1.82, 2.24) is 10.2 Å². The van der Waals surface area contributed by atoms with Gasteiger partial charge in [0.2, 0.25) is 5.91 Å². The Labute approximate surface area is 71.9 Å². The molecule has 0 aromatic carbocycles. The summed E-state index contributed by atoms with van der Waals surface area (Å²) < 4.78 is 0. The third-order valence-corrected chi connectivity index (χ3v) is 1.29. The lowest BCUT2D eigenvalue weighted by Crippen LogP contribution is -2.43. The molecule has 0 radical (unpaired) electrons. The van der Waals surface area contributed by atoms with Crippen molar-refractivity contribution >= 4 is 11.8 Å². The van der Waals surface area contributed by atoms with Crippen molar-refractivity contribution in [1.29, 1.82) is 0 Å². The Kier molecular flexibility index (Phi) is 3.84. The largest absolute Gasteiger partial charge is 0.347 e. The highest BCUT2D eigenvalue weighted by atomic mass is 16.2. The molecule has 1 atom stereocenters. The van der Waals surface area contributed by atoms with Crippen LogP contribution >= 0.6 is 0 Å². The SMILES string of the molecule is C#CC(=O)N[C@H](C)C(=O)N(C)C. The highest BCUT2D eigenvalue weighted by Gasteiger charge is 2.15. The number of terminal acetylenes is 1. The summed E-state index contributed by atoms with van der Waals surface area (Å²) in [6.07, 6.45) is 4.81. The molecule has 0 spiro atoms. The van der Waals surface area contributed by atoms with Gasteiger partial charge in [-0.15, -0.1) is 6.42 Å². The minimum atomic E-state index is -0.572. The number of amides is 2. The average molecular weight is 168 g/mol. The third-order valence-electron chi connectivity index (χ3n) is 1.29. The molecule has 2 amide bonds. The van der Waals surface area contributed by atoms with Crippen molar-refractivity contribution in [3.8, 4) is 12.3 Å². The van der Waals surface area contributed by atoms with Gasteiger partial charge in [-0.1, -0.05) is 0 Å². The van der Waals surface area contributed by atoms with E-state index in [-0.39, 0.29) is 5.91 Å². The van der Waals surface area contributed by atoms with E-state index in [9.17, 15) is 9.59 Å². The normalized spacial score (nSPS) is 11.2. The lowest BCUT2D eigenvalue weighted by molar-refractivity contribution is -0.132. The molecule has 0 aromatic rings. The van der Waals surface area contributed by atoms with E-state index < -0.39 is 11.9 Å². The Hall–Kier alpha value is -1.50. The van der Waals surface area contributed by atoms with Crippen molar-refractivity contribution < 1.29 is 9.59 Å². The first-order valence-electron chi connectivity index (χ1n) is 3.47.